The normalized spacial score (nSPS) is 31.0. The fraction of sp³-hybridized carbons (Fsp3) is 0.933. The van der Waals surface area contributed by atoms with Crippen molar-refractivity contribution in [2.24, 2.45) is 10.8 Å². The van der Waals surface area contributed by atoms with Crippen molar-refractivity contribution in [1.29, 1.82) is 0 Å². The molecule has 4 atom stereocenters. The third-order valence-corrected chi connectivity index (χ3v) is 4.36. The smallest absolute Gasteiger partial charge is 0.225 e. The molecule has 21 heavy (non-hydrogen) atoms. The molecule has 0 aliphatic carbocycles. The summed E-state index contributed by atoms with van der Waals surface area (Å²) in [6.45, 7) is 7.34. The van der Waals surface area contributed by atoms with Gasteiger partial charge in [-0.05, 0) is 11.8 Å². The molecule has 6 heteroatoms. The van der Waals surface area contributed by atoms with Crippen LogP contribution in [0.3, 0.4) is 0 Å². The van der Waals surface area contributed by atoms with Crippen LogP contribution < -0.4 is 5.32 Å². The molecule has 4 N–H and O–H groups in total. The summed E-state index contributed by atoms with van der Waals surface area (Å²) in [7, 11) is 1.61. The first kappa shape index (κ1) is 18.4. The summed E-state index contributed by atoms with van der Waals surface area (Å²) in [5, 5.41) is 31.6. The van der Waals surface area contributed by atoms with Crippen LogP contribution in [0.4, 0.5) is 0 Å². The van der Waals surface area contributed by atoms with Crippen LogP contribution in [-0.4, -0.2) is 59.3 Å². The Morgan fingerprint density at radius 3 is 2.33 bits per heavy atom. The minimum atomic E-state index is -1.07. The van der Waals surface area contributed by atoms with Crippen LogP contribution in [0.15, 0.2) is 0 Å². The Bertz CT molecular complexity index is 369. The van der Waals surface area contributed by atoms with Gasteiger partial charge in [-0.2, -0.15) is 0 Å². The maximum Gasteiger partial charge on any atom is 0.225 e. The van der Waals surface area contributed by atoms with Crippen molar-refractivity contribution in [3.63, 3.8) is 0 Å². The molecule has 0 radical (unpaired) electrons. The molecule has 1 aliphatic heterocycles. The van der Waals surface area contributed by atoms with Crippen LogP contribution in [0.5, 0.6) is 0 Å². The van der Waals surface area contributed by atoms with Crippen molar-refractivity contribution in [3.05, 3.63) is 0 Å². The van der Waals surface area contributed by atoms with E-state index in [-0.39, 0.29) is 30.5 Å². The van der Waals surface area contributed by atoms with Crippen molar-refractivity contribution >= 4 is 5.91 Å². The molecule has 0 spiro atoms. The fourth-order valence-corrected chi connectivity index (χ4v) is 3.28. The van der Waals surface area contributed by atoms with Crippen molar-refractivity contribution in [3.8, 4) is 0 Å². The molecule has 0 bridgehead atoms. The zero-order valence-corrected chi connectivity index (χ0v) is 13.6. The maximum absolute atomic E-state index is 11.9. The first-order valence-corrected chi connectivity index (χ1v) is 7.40. The largest absolute Gasteiger partial charge is 0.394 e. The van der Waals surface area contributed by atoms with E-state index in [4.69, 9.17) is 4.74 Å². The van der Waals surface area contributed by atoms with E-state index >= 15 is 0 Å². The highest BCUT2D eigenvalue weighted by molar-refractivity contribution is 5.81. The van der Waals surface area contributed by atoms with Gasteiger partial charge in [-0.15, -0.1) is 0 Å². The third-order valence-electron chi connectivity index (χ3n) is 4.36. The topological polar surface area (TPSA) is 99.0 Å². The number of nitrogens with one attached hydrogen (secondary N) is 1. The number of aliphatic hydroxyl groups is 3. The predicted octanol–water partition coefficient (Wildman–Crippen LogP) is 0.0465. The first-order valence-electron chi connectivity index (χ1n) is 7.40. The summed E-state index contributed by atoms with van der Waals surface area (Å²) in [6, 6.07) is 0. The Kier molecular flexibility index (Phi) is 5.77. The Balaban J connectivity index is 2.84. The second kappa shape index (κ2) is 6.60. The summed E-state index contributed by atoms with van der Waals surface area (Å²) >= 11 is 0. The Morgan fingerprint density at radius 2 is 1.86 bits per heavy atom. The van der Waals surface area contributed by atoms with Gasteiger partial charge in [0.05, 0.1) is 18.8 Å². The van der Waals surface area contributed by atoms with E-state index in [0.29, 0.717) is 6.42 Å². The van der Waals surface area contributed by atoms with Crippen LogP contribution in [-0.2, 0) is 9.53 Å². The van der Waals surface area contributed by atoms with Crippen LogP contribution >= 0.6 is 0 Å². The van der Waals surface area contributed by atoms with Gasteiger partial charge in [0.1, 0.15) is 12.2 Å². The van der Waals surface area contributed by atoms with Crippen molar-refractivity contribution < 1.29 is 24.9 Å². The van der Waals surface area contributed by atoms with Gasteiger partial charge in [0.25, 0.3) is 0 Å². The van der Waals surface area contributed by atoms with E-state index in [1.165, 1.54) is 0 Å². The number of rotatable bonds is 5. The van der Waals surface area contributed by atoms with Crippen LogP contribution in [0.1, 0.15) is 40.5 Å². The fourth-order valence-electron chi connectivity index (χ4n) is 3.28. The van der Waals surface area contributed by atoms with Crippen LogP contribution in [0.2, 0.25) is 0 Å². The number of hydrogen-bond acceptors (Lipinski definition) is 5. The highest BCUT2D eigenvalue weighted by Crippen LogP contribution is 2.41. The molecule has 0 saturated carbocycles. The zero-order valence-electron chi connectivity index (χ0n) is 13.6. The van der Waals surface area contributed by atoms with Gasteiger partial charge in [0.15, 0.2) is 0 Å². The summed E-state index contributed by atoms with van der Waals surface area (Å²) in [5.74, 6) is -0.0503. The molecular weight excluding hydrogens is 274 g/mol. The number of ether oxygens (including phenoxy) is 1. The lowest BCUT2D eigenvalue weighted by atomic mass is 9.69. The van der Waals surface area contributed by atoms with Gasteiger partial charge in [-0.1, -0.05) is 27.7 Å². The summed E-state index contributed by atoms with van der Waals surface area (Å²) in [4.78, 5) is 11.9. The number of carbonyl (C=O) groups excluding carboxylic acids is 1. The molecule has 124 valence electrons. The first-order chi connectivity index (χ1) is 9.55. The molecule has 0 aromatic heterocycles. The molecule has 1 saturated heterocycles. The van der Waals surface area contributed by atoms with Crippen LogP contribution in [0, 0.1) is 10.8 Å². The molecule has 1 amide bonds. The van der Waals surface area contributed by atoms with Gasteiger partial charge >= 0.3 is 0 Å². The second-order valence-corrected chi connectivity index (χ2v) is 7.27. The minimum Gasteiger partial charge on any atom is -0.394 e. The molecule has 1 heterocycles. The number of hydrogen-bond donors (Lipinski definition) is 4. The molecule has 6 nitrogen and oxygen atoms in total. The van der Waals surface area contributed by atoms with Gasteiger partial charge in [0, 0.05) is 18.9 Å². The molecule has 0 aromatic carbocycles. The van der Waals surface area contributed by atoms with Gasteiger partial charge in [-0.25, -0.2) is 0 Å². The molecular formula is C15H29NO5. The van der Waals surface area contributed by atoms with Crippen molar-refractivity contribution in [1.82, 2.24) is 5.32 Å². The SMILES string of the molecule is CNC(=O)C(C)(C)CC(C)(C)[C@H]1C[C@@H](O)[C@@H](O)[C@@H](CO)O1. The maximum atomic E-state index is 11.9. The van der Waals surface area contributed by atoms with Crippen molar-refractivity contribution in [2.45, 2.75) is 65.0 Å². The number of carbonyl (C=O) groups is 1. The van der Waals surface area contributed by atoms with Gasteiger partial charge in [0.2, 0.25) is 5.91 Å². The summed E-state index contributed by atoms with van der Waals surface area (Å²) in [6.07, 6.45) is -2.28. The highest BCUT2D eigenvalue weighted by Gasteiger charge is 2.45. The van der Waals surface area contributed by atoms with Crippen LogP contribution in [0.25, 0.3) is 0 Å². The average Bonchev–Trinajstić information content (AvgIpc) is 2.39. The lowest BCUT2D eigenvalue weighted by molar-refractivity contribution is -0.208. The third kappa shape index (κ3) is 4.16. The molecule has 0 unspecified atom stereocenters. The van der Waals surface area contributed by atoms with E-state index in [9.17, 15) is 20.1 Å². The van der Waals surface area contributed by atoms with E-state index < -0.39 is 23.7 Å². The van der Waals surface area contributed by atoms with Crippen molar-refractivity contribution in [2.75, 3.05) is 13.7 Å². The Labute approximate surface area is 126 Å². The quantitative estimate of drug-likeness (QED) is 0.575. The number of amides is 1. The highest BCUT2D eigenvalue weighted by atomic mass is 16.5. The second-order valence-electron chi connectivity index (χ2n) is 7.27. The van der Waals surface area contributed by atoms with E-state index in [1.807, 2.05) is 27.7 Å². The van der Waals surface area contributed by atoms with E-state index in [1.54, 1.807) is 7.05 Å². The molecule has 1 aliphatic rings. The van der Waals surface area contributed by atoms with Gasteiger partial charge < -0.3 is 25.4 Å². The van der Waals surface area contributed by atoms with E-state index in [2.05, 4.69) is 5.32 Å². The van der Waals surface area contributed by atoms with Gasteiger partial charge in [-0.3, -0.25) is 4.79 Å². The van der Waals surface area contributed by atoms with E-state index in [0.717, 1.165) is 0 Å². The predicted molar refractivity (Wildman–Crippen MR) is 78.6 cm³/mol. The zero-order chi connectivity index (χ0) is 16.4. The monoisotopic (exact) mass is 303 g/mol. The molecule has 1 fully saturated rings. The Hall–Kier alpha value is -0.690. The lowest BCUT2D eigenvalue weighted by Crippen LogP contribution is -2.54. The average molecular weight is 303 g/mol. The summed E-state index contributed by atoms with van der Waals surface area (Å²) in [5.41, 5.74) is -0.956. The lowest BCUT2D eigenvalue weighted by Gasteiger charge is -2.45. The molecule has 0 aromatic rings. The standard InChI is InChI=1S/C15H29NO5/c1-14(2,8-15(3,4)13(20)16-5)11-6-9(18)12(19)10(7-17)21-11/h9-12,17-19H,6-8H2,1-5H3,(H,16,20)/t9-,10-,11-,12-/m1/s1. The Morgan fingerprint density at radius 1 is 1.29 bits per heavy atom. The molecule has 1 rings (SSSR count). The summed E-state index contributed by atoms with van der Waals surface area (Å²) < 4.78 is 5.75. The minimum absolute atomic E-state index is 0.0503. The number of aliphatic hydroxyl groups excluding tert-OH is 3.